The predicted molar refractivity (Wildman–Crippen MR) is 94.3 cm³/mol. The van der Waals surface area contributed by atoms with Gasteiger partial charge >= 0.3 is 0 Å². The number of aryl methyl sites for hydroxylation is 3. The molecule has 0 radical (unpaired) electrons. The van der Waals surface area contributed by atoms with Crippen molar-refractivity contribution in [2.45, 2.75) is 20.8 Å². The van der Waals surface area contributed by atoms with Crippen LogP contribution in [-0.4, -0.2) is 23.2 Å². The SMILES string of the molecule is COc1ccc(C(=O)Nc2c(C)c[n+](O)cc2C)c2ccc(C)nc12. The Bertz CT molecular complexity index is 960. The monoisotopic (exact) mass is 338 g/mol. The molecule has 0 aliphatic heterocycles. The summed E-state index contributed by atoms with van der Waals surface area (Å²) in [7, 11) is 1.58. The highest BCUT2D eigenvalue weighted by Crippen LogP contribution is 2.28. The number of nitrogens with one attached hydrogen (secondary N) is 1. The van der Waals surface area contributed by atoms with Crippen molar-refractivity contribution in [1.29, 1.82) is 0 Å². The number of hydrogen-bond acceptors (Lipinski definition) is 4. The highest BCUT2D eigenvalue weighted by molar-refractivity contribution is 6.13. The summed E-state index contributed by atoms with van der Waals surface area (Å²) in [6, 6.07) is 7.22. The third kappa shape index (κ3) is 3.10. The van der Waals surface area contributed by atoms with Gasteiger partial charge in [0.05, 0.1) is 12.8 Å². The number of rotatable bonds is 3. The normalized spacial score (nSPS) is 10.7. The number of hydrogen-bond donors (Lipinski definition) is 2. The van der Waals surface area contributed by atoms with E-state index in [2.05, 4.69) is 10.3 Å². The molecule has 128 valence electrons. The third-order valence-corrected chi connectivity index (χ3v) is 4.10. The van der Waals surface area contributed by atoms with E-state index in [1.54, 1.807) is 31.6 Å². The molecule has 6 nitrogen and oxygen atoms in total. The van der Waals surface area contributed by atoms with Crippen LogP contribution < -0.4 is 14.8 Å². The number of aromatic nitrogens is 2. The zero-order chi connectivity index (χ0) is 18.1. The summed E-state index contributed by atoms with van der Waals surface area (Å²) in [5.41, 5.74) is 4.24. The standard InChI is InChI=1S/C19H19N3O3/c1-11-9-22(24)10-12(2)17(11)21-19(23)15-7-8-16(25-4)18-14(15)6-5-13(3)20-18/h5-10,24H,1-4H3/p+1. The van der Waals surface area contributed by atoms with Crippen molar-refractivity contribution in [2.24, 2.45) is 0 Å². The van der Waals surface area contributed by atoms with Crippen molar-refractivity contribution in [3.05, 3.63) is 59.0 Å². The number of nitrogens with zero attached hydrogens (tertiary/aromatic N) is 2. The van der Waals surface area contributed by atoms with Crippen molar-refractivity contribution in [2.75, 3.05) is 12.4 Å². The molecule has 0 saturated heterocycles. The highest BCUT2D eigenvalue weighted by atomic mass is 16.5. The Morgan fingerprint density at radius 1 is 1.12 bits per heavy atom. The molecule has 0 aliphatic rings. The van der Waals surface area contributed by atoms with Gasteiger partial charge in [-0.15, -0.1) is 0 Å². The Hall–Kier alpha value is -3.15. The second kappa shape index (κ2) is 6.39. The summed E-state index contributed by atoms with van der Waals surface area (Å²) in [4.78, 5) is 17.4. The maximum absolute atomic E-state index is 12.9. The first kappa shape index (κ1) is 16.7. The molecule has 0 bridgehead atoms. The number of ether oxygens (including phenoxy) is 1. The Morgan fingerprint density at radius 2 is 1.80 bits per heavy atom. The fourth-order valence-corrected chi connectivity index (χ4v) is 2.90. The van der Waals surface area contributed by atoms with Gasteiger partial charge in [-0.2, -0.15) is 0 Å². The molecule has 3 rings (SSSR count). The van der Waals surface area contributed by atoms with E-state index in [-0.39, 0.29) is 5.91 Å². The molecule has 0 aliphatic carbocycles. The summed E-state index contributed by atoms with van der Waals surface area (Å²) in [5.74, 6) is 0.392. The number of amides is 1. The van der Waals surface area contributed by atoms with Crippen LogP contribution >= 0.6 is 0 Å². The average Bonchev–Trinajstić information content (AvgIpc) is 2.56. The smallest absolute Gasteiger partial charge is 0.256 e. The molecule has 0 fully saturated rings. The molecule has 0 unspecified atom stereocenters. The largest absolute Gasteiger partial charge is 0.494 e. The fraction of sp³-hybridized carbons (Fsp3) is 0.211. The van der Waals surface area contributed by atoms with Crippen molar-refractivity contribution in [1.82, 2.24) is 4.98 Å². The number of carbonyl (C=O) groups is 1. The first-order valence-corrected chi connectivity index (χ1v) is 7.88. The molecule has 2 N–H and O–H groups in total. The Balaban J connectivity index is 2.07. The summed E-state index contributed by atoms with van der Waals surface area (Å²) >= 11 is 0. The van der Waals surface area contributed by atoms with Crippen LogP contribution in [0.1, 0.15) is 27.2 Å². The van der Waals surface area contributed by atoms with E-state index in [0.717, 1.165) is 26.9 Å². The molecule has 2 aromatic heterocycles. The maximum Gasteiger partial charge on any atom is 0.256 e. The highest BCUT2D eigenvalue weighted by Gasteiger charge is 2.18. The van der Waals surface area contributed by atoms with E-state index in [4.69, 9.17) is 4.74 Å². The Labute approximate surface area is 145 Å². The van der Waals surface area contributed by atoms with Crippen LogP contribution in [0.3, 0.4) is 0 Å². The molecule has 25 heavy (non-hydrogen) atoms. The molecule has 2 heterocycles. The van der Waals surface area contributed by atoms with Gasteiger partial charge in [0, 0.05) is 32.5 Å². The van der Waals surface area contributed by atoms with Gasteiger partial charge in [0.25, 0.3) is 5.91 Å². The average molecular weight is 338 g/mol. The van der Waals surface area contributed by atoms with E-state index < -0.39 is 0 Å². The number of benzene rings is 1. The van der Waals surface area contributed by atoms with E-state index >= 15 is 0 Å². The van der Waals surface area contributed by atoms with Gasteiger partial charge in [0.1, 0.15) is 11.3 Å². The quantitative estimate of drug-likeness (QED) is 0.569. The van der Waals surface area contributed by atoms with Crippen molar-refractivity contribution in [3.8, 4) is 5.75 Å². The first-order chi connectivity index (χ1) is 11.9. The molecular weight excluding hydrogens is 318 g/mol. The zero-order valence-corrected chi connectivity index (χ0v) is 14.6. The molecule has 1 aromatic carbocycles. The molecule has 1 amide bonds. The van der Waals surface area contributed by atoms with Gasteiger partial charge in [0.2, 0.25) is 12.4 Å². The number of methoxy groups -OCH3 is 1. The topological polar surface area (TPSA) is 75.3 Å². The molecule has 3 aromatic rings. The van der Waals surface area contributed by atoms with Crippen LogP contribution in [0.15, 0.2) is 36.7 Å². The lowest BCUT2D eigenvalue weighted by atomic mass is 10.1. The lowest BCUT2D eigenvalue weighted by Gasteiger charge is -2.12. The number of fused-ring (bicyclic) bond motifs is 1. The number of anilines is 1. The van der Waals surface area contributed by atoms with E-state index in [1.807, 2.05) is 32.9 Å². The van der Waals surface area contributed by atoms with E-state index in [9.17, 15) is 10.0 Å². The minimum absolute atomic E-state index is 0.236. The number of carbonyl (C=O) groups excluding carboxylic acids is 1. The molecular formula is C19H20N3O3+. The first-order valence-electron chi connectivity index (χ1n) is 7.88. The van der Waals surface area contributed by atoms with Gasteiger partial charge in [-0.25, -0.2) is 4.98 Å². The Morgan fingerprint density at radius 3 is 2.44 bits per heavy atom. The van der Waals surface area contributed by atoms with E-state index in [0.29, 0.717) is 22.5 Å². The van der Waals surface area contributed by atoms with Gasteiger partial charge < -0.3 is 10.1 Å². The predicted octanol–water partition coefficient (Wildman–Crippen LogP) is 2.95. The van der Waals surface area contributed by atoms with Crippen molar-refractivity contribution >= 4 is 22.5 Å². The molecule has 0 saturated carbocycles. The van der Waals surface area contributed by atoms with Gasteiger partial charge in [-0.05, 0) is 39.0 Å². The van der Waals surface area contributed by atoms with Crippen molar-refractivity contribution in [3.63, 3.8) is 0 Å². The molecule has 0 atom stereocenters. The van der Waals surface area contributed by atoms with Crippen LogP contribution in [0.2, 0.25) is 0 Å². The van der Waals surface area contributed by atoms with Gasteiger partial charge in [-0.3, -0.25) is 10.0 Å². The minimum Gasteiger partial charge on any atom is -0.494 e. The van der Waals surface area contributed by atoms with Crippen LogP contribution in [0, 0.1) is 20.8 Å². The van der Waals surface area contributed by atoms with Crippen LogP contribution in [-0.2, 0) is 0 Å². The summed E-state index contributed by atoms with van der Waals surface area (Å²) < 4.78 is 6.34. The van der Waals surface area contributed by atoms with Crippen molar-refractivity contribution < 1.29 is 19.5 Å². The minimum atomic E-state index is -0.236. The Kier molecular flexibility index (Phi) is 4.27. The second-order valence-electron chi connectivity index (χ2n) is 6.00. The molecule has 0 spiro atoms. The second-order valence-corrected chi connectivity index (χ2v) is 6.00. The third-order valence-electron chi connectivity index (χ3n) is 4.10. The number of pyridine rings is 2. The van der Waals surface area contributed by atoms with Crippen LogP contribution in [0.25, 0.3) is 10.9 Å². The van der Waals surface area contributed by atoms with Crippen LogP contribution in [0.4, 0.5) is 5.69 Å². The fourth-order valence-electron chi connectivity index (χ4n) is 2.90. The maximum atomic E-state index is 12.9. The zero-order valence-electron chi connectivity index (χ0n) is 14.6. The van der Waals surface area contributed by atoms with Crippen LogP contribution in [0.5, 0.6) is 5.75 Å². The lowest BCUT2D eigenvalue weighted by molar-refractivity contribution is -0.905. The molecule has 6 heteroatoms. The lowest BCUT2D eigenvalue weighted by Crippen LogP contribution is -2.30. The van der Waals surface area contributed by atoms with Gasteiger partial charge in [0.15, 0.2) is 0 Å². The summed E-state index contributed by atoms with van der Waals surface area (Å²) in [6.07, 6.45) is 3.08. The van der Waals surface area contributed by atoms with E-state index in [1.165, 1.54) is 0 Å². The summed E-state index contributed by atoms with van der Waals surface area (Å²) in [6.45, 7) is 5.55. The van der Waals surface area contributed by atoms with Gasteiger partial charge in [-0.1, -0.05) is 6.07 Å². The summed E-state index contributed by atoms with van der Waals surface area (Å²) in [5, 5.41) is 13.2.